The molecule has 0 bridgehead atoms. The van der Waals surface area contributed by atoms with E-state index in [9.17, 15) is 17.6 Å². The van der Waals surface area contributed by atoms with Crippen LogP contribution in [0.1, 0.15) is 53.6 Å². The summed E-state index contributed by atoms with van der Waals surface area (Å²) in [5.41, 5.74) is 0.0247. The average Bonchev–Trinajstić information content (AvgIpc) is 3.67. The lowest BCUT2D eigenvalue weighted by atomic mass is 9.95. The number of pyridine rings is 1. The van der Waals surface area contributed by atoms with Gasteiger partial charge in [0, 0.05) is 38.6 Å². The van der Waals surface area contributed by atoms with Gasteiger partial charge in [-0.1, -0.05) is 45.0 Å². The molecular weight excluding hydrogens is 765 g/mol. The third-order valence-electron chi connectivity index (χ3n) is 9.28. The Bertz CT molecular complexity index is 1770. The fourth-order valence-electron chi connectivity index (χ4n) is 7.20. The minimum atomic E-state index is -5.17. The molecule has 1 N–H and O–H groups in total. The fraction of sp³-hybridized carbons (Fsp3) is 0.500. The van der Waals surface area contributed by atoms with Crippen LogP contribution in [0.5, 0.6) is 11.8 Å². The van der Waals surface area contributed by atoms with Crippen molar-refractivity contribution in [3.63, 3.8) is 0 Å². The molecule has 3 aliphatic heterocycles. The predicted octanol–water partition coefficient (Wildman–Crippen LogP) is 8.04. The second kappa shape index (κ2) is 15.8. The van der Waals surface area contributed by atoms with Crippen LogP contribution < -0.4 is 19.7 Å². The van der Waals surface area contributed by atoms with E-state index < -0.39 is 23.7 Å². The molecular formula is C34H43F6IN6O2. The number of hydrogen-bond donors (Lipinski definition) is 1. The van der Waals surface area contributed by atoms with Crippen molar-refractivity contribution >= 4 is 51.5 Å². The van der Waals surface area contributed by atoms with Crippen LogP contribution in [0.25, 0.3) is 32.9 Å². The van der Waals surface area contributed by atoms with Crippen LogP contribution in [0, 0.1) is 11.6 Å². The van der Waals surface area contributed by atoms with E-state index >= 15 is 4.39 Å². The maximum Gasteiger partial charge on any atom is 0.573 e. The summed E-state index contributed by atoms with van der Waals surface area (Å²) < 4.78 is 82.3. The molecule has 4 aromatic rings. The van der Waals surface area contributed by atoms with Gasteiger partial charge >= 0.3 is 12.4 Å². The minimum absolute atomic E-state index is 0. The van der Waals surface area contributed by atoms with E-state index in [1.54, 1.807) is 6.07 Å². The molecule has 0 saturated carbocycles. The maximum atomic E-state index is 16.8. The van der Waals surface area contributed by atoms with Crippen molar-refractivity contribution in [2.75, 3.05) is 50.8 Å². The summed E-state index contributed by atoms with van der Waals surface area (Å²) in [7, 11) is 0. The Morgan fingerprint density at radius 2 is 1.63 bits per heavy atom. The third kappa shape index (κ3) is 7.48. The quantitative estimate of drug-likeness (QED) is 0.149. The summed E-state index contributed by atoms with van der Waals surface area (Å²) in [6.45, 7) is 10.9. The van der Waals surface area contributed by atoms with E-state index in [-0.39, 0.29) is 69.2 Å². The Kier molecular flexibility index (Phi) is 12.4. The molecule has 270 valence electrons. The molecule has 0 aliphatic carbocycles. The SMILES string of the molecule is CC.CCc1nc(-c2cccc3ccc(F)c(OC(F)(F)F)c23)c(F)c2nc(OCC34CCCN3CCC4)nc(N3CCNCC3)c12.F.I.[HH]. The highest BCUT2D eigenvalue weighted by Gasteiger charge is 2.45. The largest absolute Gasteiger partial charge is 0.573 e. The number of nitrogens with one attached hydrogen (secondary N) is 1. The van der Waals surface area contributed by atoms with Gasteiger partial charge < -0.3 is 19.7 Å². The van der Waals surface area contributed by atoms with Crippen LogP contribution in [-0.4, -0.2) is 77.6 Å². The van der Waals surface area contributed by atoms with Crippen molar-refractivity contribution in [1.82, 2.24) is 25.2 Å². The van der Waals surface area contributed by atoms with Crippen LogP contribution in [0.15, 0.2) is 30.3 Å². The summed E-state index contributed by atoms with van der Waals surface area (Å²) in [5.74, 6) is -2.62. The van der Waals surface area contributed by atoms with Gasteiger partial charge in [-0.15, -0.1) is 37.1 Å². The number of fused-ring (bicyclic) bond motifs is 3. The standard InChI is InChI=1S/C32H33F5N6O2.C2H6.FH.HI.H2/c1-2-22-24-27(25(34)26(39-22)20-7-3-6-19-8-9-21(33)28(23(19)20)45-32(35,36)37)40-30(41-29(24)42-16-12-38-13-17-42)44-18-31-10-4-14-43(31)15-5-11-31;1-2;;;/h3,6-9,38H,2,4-5,10-18H2,1H3;1-2H3;3*1H. The number of hydrogen-bond acceptors (Lipinski definition) is 8. The molecule has 0 amide bonds. The van der Waals surface area contributed by atoms with E-state index in [0.29, 0.717) is 56.1 Å². The number of halogens is 7. The molecule has 0 unspecified atom stereocenters. The molecule has 15 heteroatoms. The number of anilines is 1. The van der Waals surface area contributed by atoms with Crippen molar-refractivity contribution in [3.05, 3.63) is 47.7 Å². The van der Waals surface area contributed by atoms with Crippen molar-refractivity contribution in [1.29, 1.82) is 0 Å². The molecule has 3 saturated heterocycles. The third-order valence-corrected chi connectivity index (χ3v) is 9.28. The molecule has 8 nitrogen and oxygen atoms in total. The molecule has 5 heterocycles. The van der Waals surface area contributed by atoms with Crippen LogP contribution >= 0.6 is 24.0 Å². The van der Waals surface area contributed by atoms with E-state index in [2.05, 4.69) is 24.9 Å². The lowest BCUT2D eigenvalue weighted by Gasteiger charge is -2.32. The number of alkyl halides is 3. The second-order valence-corrected chi connectivity index (χ2v) is 11.9. The van der Waals surface area contributed by atoms with E-state index in [1.807, 2.05) is 25.7 Å². The zero-order valence-corrected chi connectivity index (χ0v) is 30.0. The molecule has 49 heavy (non-hydrogen) atoms. The monoisotopic (exact) mass is 808 g/mol. The number of benzene rings is 2. The summed E-state index contributed by atoms with van der Waals surface area (Å²) in [6, 6.07) is 6.72. The molecule has 3 fully saturated rings. The van der Waals surface area contributed by atoms with Crippen LogP contribution in [0.4, 0.5) is 32.5 Å². The number of aryl methyl sites for hydroxylation is 1. The topological polar surface area (TPSA) is 75.6 Å². The molecule has 3 aliphatic rings. The van der Waals surface area contributed by atoms with Crippen LogP contribution in [0.3, 0.4) is 0 Å². The zero-order chi connectivity index (χ0) is 33.3. The minimum Gasteiger partial charge on any atom is -0.461 e. The number of aromatic nitrogens is 3. The van der Waals surface area contributed by atoms with Crippen LogP contribution in [0.2, 0.25) is 0 Å². The Balaban J connectivity index is 0.00000133. The summed E-state index contributed by atoms with van der Waals surface area (Å²) in [4.78, 5) is 18.5. The first-order valence-electron chi connectivity index (χ1n) is 16.4. The number of piperazine rings is 1. The van der Waals surface area contributed by atoms with Gasteiger partial charge in [0.05, 0.1) is 16.6 Å². The number of nitrogens with zero attached hydrogens (tertiary/aromatic N) is 5. The first-order chi connectivity index (χ1) is 22.7. The molecule has 0 radical (unpaired) electrons. The highest BCUT2D eigenvalue weighted by atomic mass is 127. The first-order valence-corrected chi connectivity index (χ1v) is 16.4. The average molecular weight is 809 g/mol. The second-order valence-electron chi connectivity index (χ2n) is 11.9. The Morgan fingerprint density at radius 1 is 0.939 bits per heavy atom. The normalized spacial score (nSPS) is 17.2. The fourth-order valence-corrected chi connectivity index (χ4v) is 7.20. The van der Waals surface area contributed by atoms with E-state index in [0.717, 1.165) is 44.8 Å². The van der Waals surface area contributed by atoms with Crippen molar-refractivity contribution < 1.29 is 37.6 Å². The number of ether oxygens (including phenoxy) is 2. The van der Waals surface area contributed by atoms with E-state index in [4.69, 9.17) is 9.72 Å². The molecule has 0 spiro atoms. The Morgan fingerprint density at radius 3 is 2.29 bits per heavy atom. The van der Waals surface area contributed by atoms with Gasteiger partial charge in [-0.25, -0.2) is 13.8 Å². The lowest BCUT2D eigenvalue weighted by Crippen LogP contribution is -2.44. The smallest absolute Gasteiger partial charge is 0.461 e. The highest BCUT2D eigenvalue weighted by Crippen LogP contribution is 2.43. The molecule has 0 atom stereocenters. The number of rotatable bonds is 7. The van der Waals surface area contributed by atoms with Gasteiger partial charge in [-0.3, -0.25) is 9.60 Å². The summed E-state index contributed by atoms with van der Waals surface area (Å²) in [5, 5.41) is 3.73. The molecule has 2 aromatic carbocycles. The zero-order valence-electron chi connectivity index (χ0n) is 27.6. The molecule has 7 rings (SSSR count). The van der Waals surface area contributed by atoms with Crippen molar-refractivity contribution in [2.45, 2.75) is 64.8 Å². The summed E-state index contributed by atoms with van der Waals surface area (Å²) in [6.07, 6.45) is -0.624. The van der Waals surface area contributed by atoms with Gasteiger partial charge in [0.25, 0.3) is 0 Å². The van der Waals surface area contributed by atoms with Crippen molar-refractivity contribution in [3.8, 4) is 23.0 Å². The van der Waals surface area contributed by atoms with Gasteiger partial charge in [-0.05, 0) is 56.6 Å². The Hall–Kier alpha value is -3.18. The highest BCUT2D eigenvalue weighted by molar-refractivity contribution is 14.0. The van der Waals surface area contributed by atoms with Gasteiger partial charge in [0.1, 0.15) is 23.6 Å². The van der Waals surface area contributed by atoms with Gasteiger partial charge in [0.15, 0.2) is 17.4 Å². The Labute approximate surface area is 299 Å². The van der Waals surface area contributed by atoms with Crippen LogP contribution in [-0.2, 0) is 6.42 Å². The van der Waals surface area contributed by atoms with Gasteiger partial charge in [-0.2, -0.15) is 9.97 Å². The van der Waals surface area contributed by atoms with Crippen molar-refractivity contribution in [2.24, 2.45) is 0 Å². The van der Waals surface area contributed by atoms with Gasteiger partial charge in [0.2, 0.25) is 0 Å². The first kappa shape index (κ1) is 38.6. The lowest BCUT2D eigenvalue weighted by molar-refractivity contribution is -0.275. The predicted molar refractivity (Wildman–Crippen MR) is 191 cm³/mol. The summed E-state index contributed by atoms with van der Waals surface area (Å²) >= 11 is 0. The molecule has 2 aromatic heterocycles. The van der Waals surface area contributed by atoms with E-state index in [1.165, 1.54) is 18.2 Å². The maximum absolute atomic E-state index is 16.8.